The molecule has 0 aromatic carbocycles. The molecule has 0 nitrogen and oxygen atoms in total. The van der Waals surface area contributed by atoms with Gasteiger partial charge >= 0.3 is 0 Å². The predicted octanol–water partition coefficient (Wildman–Crippen LogP) is 4.35. The molecule has 13 heavy (non-hydrogen) atoms. The summed E-state index contributed by atoms with van der Waals surface area (Å²) in [6.07, 6.45) is 4.45. The summed E-state index contributed by atoms with van der Waals surface area (Å²) < 4.78 is 0. The number of rotatable bonds is 3. The quantitative estimate of drug-likeness (QED) is 0.608. The van der Waals surface area contributed by atoms with Crippen LogP contribution in [0.25, 0.3) is 0 Å². The first-order chi connectivity index (χ1) is 6.04. The molecule has 1 aliphatic rings. The Morgan fingerprint density at radius 1 is 0.846 bits per heavy atom. The fourth-order valence-corrected chi connectivity index (χ4v) is 2.99. The second kappa shape index (κ2) is 4.48. The molecule has 0 heterocycles. The fraction of sp³-hybridized carbons (Fsp3) is 1.00. The van der Waals surface area contributed by atoms with Crippen molar-refractivity contribution in [3.63, 3.8) is 0 Å². The molecule has 0 saturated heterocycles. The third-order valence-corrected chi connectivity index (χ3v) is 4.21. The van der Waals surface area contributed by atoms with Crippen LogP contribution in [0.4, 0.5) is 0 Å². The van der Waals surface area contributed by atoms with E-state index in [1.165, 1.54) is 19.3 Å². The van der Waals surface area contributed by atoms with Crippen molar-refractivity contribution in [1.82, 2.24) is 0 Å². The van der Waals surface area contributed by atoms with Gasteiger partial charge < -0.3 is 0 Å². The van der Waals surface area contributed by atoms with E-state index in [9.17, 15) is 0 Å². The number of hydrogen-bond acceptors (Lipinski definition) is 0. The van der Waals surface area contributed by atoms with Crippen molar-refractivity contribution in [1.29, 1.82) is 0 Å². The molecule has 1 rings (SSSR count). The molecule has 0 aromatic heterocycles. The highest BCUT2D eigenvalue weighted by Crippen LogP contribution is 2.43. The molecule has 0 amide bonds. The first-order valence-electron chi connectivity index (χ1n) is 6.04. The summed E-state index contributed by atoms with van der Waals surface area (Å²) in [5, 5.41) is 0. The molecular formula is C13H26. The van der Waals surface area contributed by atoms with E-state index in [0.29, 0.717) is 0 Å². The zero-order valence-corrected chi connectivity index (χ0v) is 10.0. The highest BCUT2D eigenvalue weighted by atomic mass is 14.4. The minimum Gasteiger partial charge on any atom is -0.0625 e. The molecule has 0 N–H and O–H groups in total. The molecule has 0 aliphatic heterocycles. The topological polar surface area (TPSA) is 0 Å². The molecule has 0 bridgehead atoms. The van der Waals surface area contributed by atoms with E-state index in [1.807, 2.05) is 0 Å². The van der Waals surface area contributed by atoms with Crippen LogP contribution < -0.4 is 0 Å². The molecule has 1 fully saturated rings. The van der Waals surface area contributed by atoms with Gasteiger partial charge in [-0.05, 0) is 42.4 Å². The van der Waals surface area contributed by atoms with Crippen molar-refractivity contribution in [3.05, 3.63) is 0 Å². The lowest BCUT2D eigenvalue weighted by molar-refractivity contribution is 0.184. The highest BCUT2D eigenvalue weighted by Gasteiger charge is 2.33. The van der Waals surface area contributed by atoms with Gasteiger partial charge in [-0.1, -0.05) is 41.0 Å². The summed E-state index contributed by atoms with van der Waals surface area (Å²) in [7, 11) is 0. The van der Waals surface area contributed by atoms with Crippen LogP contribution in [0.3, 0.4) is 0 Å². The Morgan fingerprint density at radius 2 is 1.38 bits per heavy atom. The Morgan fingerprint density at radius 3 is 1.85 bits per heavy atom. The molecule has 78 valence electrons. The van der Waals surface area contributed by atoms with Crippen molar-refractivity contribution < 1.29 is 0 Å². The third-order valence-electron chi connectivity index (χ3n) is 4.21. The van der Waals surface area contributed by atoms with Crippen molar-refractivity contribution in [3.8, 4) is 0 Å². The molecule has 3 atom stereocenters. The van der Waals surface area contributed by atoms with Gasteiger partial charge in [0.2, 0.25) is 0 Å². The van der Waals surface area contributed by atoms with Gasteiger partial charge in [0.15, 0.2) is 0 Å². The Hall–Kier alpha value is 0. The molecular weight excluding hydrogens is 156 g/mol. The second-order valence-corrected chi connectivity index (χ2v) is 5.61. The maximum absolute atomic E-state index is 2.45. The van der Waals surface area contributed by atoms with Crippen LogP contribution in [0.1, 0.15) is 53.9 Å². The Bertz CT molecular complexity index is 146. The minimum absolute atomic E-state index is 0.865. The first-order valence-corrected chi connectivity index (χ1v) is 6.04. The van der Waals surface area contributed by atoms with Crippen LogP contribution in [-0.2, 0) is 0 Å². The lowest BCUT2D eigenvalue weighted by atomic mass is 9.75. The zero-order chi connectivity index (χ0) is 10.0. The summed E-state index contributed by atoms with van der Waals surface area (Å²) in [5.74, 6) is 4.71. The van der Waals surface area contributed by atoms with E-state index in [4.69, 9.17) is 0 Å². The summed E-state index contributed by atoms with van der Waals surface area (Å²) in [4.78, 5) is 0. The predicted molar refractivity (Wildman–Crippen MR) is 59.7 cm³/mol. The second-order valence-electron chi connectivity index (χ2n) is 5.61. The van der Waals surface area contributed by atoms with Crippen molar-refractivity contribution in [2.45, 2.75) is 53.9 Å². The minimum atomic E-state index is 0.865. The lowest BCUT2D eigenvalue weighted by Crippen LogP contribution is -2.24. The smallest absolute Gasteiger partial charge is 0.0355 e. The zero-order valence-electron chi connectivity index (χ0n) is 10.0. The summed E-state index contributed by atoms with van der Waals surface area (Å²) >= 11 is 0. The Kier molecular flexibility index (Phi) is 3.82. The molecule has 0 aromatic rings. The molecule has 1 aliphatic carbocycles. The largest absolute Gasteiger partial charge is 0.0625 e. The molecule has 0 spiro atoms. The fourth-order valence-electron chi connectivity index (χ4n) is 2.99. The molecule has 1 saturated carbocycles. The van der Waals surface area contributed by atoms with E-state index in [-0.39, 0.29) is 0 Å². The van der Waals surface area contributed by atoms with Crippen LogP contribution in [-0.4, -0.2) is 0 Å². The summed E-state index contributed by atoms with van der Waals surface area (Å²) in [5.41, 5.74) is 0. The molecule has 0 heteroatoms. The van der Waals surface area contributed by atoms with E-state index >= 15 is 0 Å². The van der Waals surface area contributed by atoms with Gasteiger partial charge in [0.1, 0.15) is 0 Å². The number of hydrogen-bond donors (Lipinski definition) is 0. The first kappa shape index (κ1) is 11.1. The van der Waals surface area contributed by atoms with Crippen molar-refractivity contribution in [2.75, 3.05) is 0 Å². The maximum atomic E-state index is 2.45. The highest BCUT2D eigenvalue weighted by molar-refractivity contribution is 4.83. The van der Waals surface area contributed by atoms with Crippen LogP contribution >= 0.6 is 0 Å². The monoisotopic (exact) mass is 182 g/mol. The average Bonchev–Trinajstić information content (AvgIpc) is 2.50. The standard InChI is InChI=1S/C13H26/c1-9(2)11(5)13-8-6-7-12(13)10(3)4/h9-13H,6-8H2,1-5H3. The van der Waals surface area contributed by atoms with Crippen molar-refractivity contribution >= 4 is 0 Å². The van der Waals surface area contributed by atoms with Gasteiger partial charge in [0.05, 0.1) is 0 Å². The SMILES string of the molecule is CC(C)C(C)C1CCCC1C(C)C. The van der Waals surface area contributed by atoms with Gasteiger partial charge in [-0.3, -0.25) is 0 Å². The average molecular weight is 182 g/mol. The van der Waals surface area contributed by atoms with Crippen LogP contribution in [0, 0.1) is 29.6 Å². The van der Waals surface area contributed by atoms with E-state index in [1.54, 1.807) is 0 Å². The van der Waals surface area contributed by atoms with Gasteiger partial charge in [0.25, 0.3) is 0 Å². The van der Waals surface area contributed by atoms with Gasteiger partial charge in [-0.2, -0.15) is 0 Å². The van der Waals surface area contributed by atoms with E-state index in [2.05, 4.69) is 34.6 Å². The Balaban J connectivity index is 2.57. The van der Waals surface area contributed by atoms with Crippen LogP contribution in [0.15, 0.2) is 0 Å². The van der Waals surface area contributed by atoms with Gasteiger partial charge in [0, 0.05) is 0 Å². The Labute approximate surface area is 84.1 Å². The third kappa shape index (κ3) is 2.48. The van der Waals surface area contributed by atoms with Crippen molar-refractivity contribution in [2.24, 2.45) is 29.6 Å². The summed E-state index contributed by atoms with van der Waals surface area (Å²) in [6, 6.07) is 0. The molecule has 3 unspecified atom stereocenters. The maximum Gasteiger partial charge on any atom is -0.0355 e. The van der Waals surface area contributed by atoms with Crippen LogP contribution in [0.2, 0.25) is 0 Å². The van der Waals surface area contributed by atoms with E-state index in [0.717, 1.165) is 29.6 Å². The van der Waals surface area contributed by atoms with Gasteiger partial charge in [-0.25, -0.2) is 0 Å². The van der Waals surface area contributed by atoms with Gasteiger partial charge in [-0.15, -0.1) is 0 Å². The lowest BCUT2D eigenvalue weighted by Gasteiger charge is -2.31. The van der Waals surface area contributed by atoms with E-state index < -0.39 is 0 Å². The normalized spacial score (nSPS) is 31.6. The van der Waals surface area contributed by atoms with Crippen LogP contribution in [0.5, 0.6) is 0 Å². The summed E-state index contributed by atoms with van der Waals surface area (Å²) in [6.45, 7) is 12.0. The molecule has 0 radical (unpaired) electrons.